The molecule has 0 aliphatic rings. The summed E-state index contributed by atoms with van der Waals surface area (Å²) in [6, 6.07) is 5.50. The SMILES string of the molecule is Brc1ccnn1-c1cccnn1. The van der Waals surface area contributed by atoms with E-state index in [1.54, 1.807) is 17.1 Å². The third-order valence-corrected chi connectivity index (χ3v) is 1.97. The molecule has 0 aliphatic carbocycles. The van der Waals surface area contributed by atoms with Crippen molar-refractivity contribution in [2.45, 2.75) is 0 Å². The second-order valence-electron chi connectivity index (χ2n) is 2.15. The second kappa shape index (κ2) is 3.02. The Labute approximate surface area is 77.4 Å². The topological polar surface area (TPSA) is 43.6 Å². The van der Waals surface area contributed by atoms with Gasteiger partial charge in [0.1, 0.15) is 4.60 Å². The smallest absolute Gasteiger partial charge is 0.176 e. The lowest BCUT2D eigenvalue weighted by molar-refractivity contribution is 0.799. The predicted molar refractivity (Wildman–Crippen MR) is 46.9 cm³/mol. The van der Waals surface area contributed by atoms with Crippen molar-refractivity contribution in [3.8, 4) is 5.82 Å². The molecule has 0 bridgehead atoms. The van der Waals surface area contributed by atoms with Gasteiger partial charge in [-0.2, -0.15) is 10.2 Å². The first-order valence-corrected chi connectivity index (χ1v) is 4.15. The minimum absolute atomic E-state index is 0.703. The van der Waals surface area contributed by atoms with Crippen LogP contribution >= 0.6 is 15.9 Å². The van der Waals surface area contributed by atoms with Crippen LogP contribution in [-0.2, 0) is 0 Å². The Morgan fingerprint density at radius 2 is 2.17 bits per heavy atom. The van der Waals surface area contributed by atoms with Gasteiger partial charge >= 0.3 is 0 Å². The highest BCUT2D eigenvalue weighted by molar-refractivity contribution is 9.10. The van der Waals surface area contributed by atoms with E-state index in [-0.39, 0.29) is 0 Å². The van der Waals surface area contributed by atoms with Crippen molar-refractivity contribution in [3.63, 3.8) is 0 Å². The molecular formula is C7H5BrN4. The molecule has 0 radical (unpaired) electrons. The highest BCUT2D eigenvalue weighted by Gasteiger charge is 2.01. The van der Waals surface area contributed by atoms with Crippen LogP contribution in [0.3, 0.4) is 0 Å². The first-order valence-electron chi connectivity index (χ1n) is 3.35. The normalized spacial score (nSPS) is 10.1. The molecule has 5 heteroatoms. The lowest BCUT2D eigenvalue weighted by atomic mass is 10.5. The molecule has 0 saturated carbocycles. The molecule has 0 spiro atoms. The van der Waals surface area contributed by atoms with Gasteiger partial charge < -0.3 is 0 Å². The molecule has 2 heterocycles. The van der Waals surface area contributed by atoms with Gasteiger partial charge in [-0.05, 0) is 34.1 Å². The monoisotopic (exact) mass is 224 g/mol. The molecule has 0 fully saturated rings. The summed E-state index contributed by atoms with van der Waals surface area (Å²) in [7, 11) is 0. The van der Waals surface area contributed by atoms with Crippen LogP contribution in [0.5, 0.6) is 0 Å². The van der Waals surface area contributed by atoms with Crippen molar-refractivity contribution in [2.24, 2.45) is 0 Å². The van der Waals surface area contributed by atoms with E-state index in [2.05, 4.69) is 31.2 Å². The Kier molecular flexibility index (Phi) is 1.87. The summed E-state index contributed by atoms with van der Waals surface area (Å²) in [5.41, 5.74) is 0. The Balaban J connectivity index is 2.51. The zero-order chi connectivity index (χ0) is 8.39. The predicted octanol–water partition coefficient (Wildman–Crippen LogP) is 1.42. The van der Waals surface area contributed by atoms with Gasteiger partial charge in [-0.3, -0.25) is 0 Å². The lowest BCUT2D eigenvalue weighted by Crippen LogP contribution is -1.99. The molecule has 12 heavy (non-hydrogen) atoms. The van der Waals surface area contributed by atoms with Crippen molar-refractivity contribution in [2.75, 3.05) is 0 Å². The van der Waals surface area contributed by atoms with Crippen LogP contribution in [0.15, 0.2) is 35.2 Å². The van der Waals surface area contributed by atoms with Gasteiger partial charge in [0.05, 0.1) is 6.20 Å². The van der Waals surface area contributed by atoms with Crippen molar-refractivity contribution < 1.29 is 0 Å². The van der Waals surface area contributed by atoms with Gasteiger partial charge in [-0.1, -0.05) is 0 Å². The van der Waals surface area contributed by atoms with Crippen molar-refractivity contribution in [1.29, 1.82) is 0 Å². The van der Waals surface area contributed by atoms with Gasteiger partial charge in [-0.15, -0.1) is 5.10 Å². The molecule has 0 unspecified atom stereocenters. The quantitative estimate of drug-likeness (QED) is 0.737. The van der Waals surface area contributed by atoms with Crippen LogP contribution in [0, 0.1) is 0 Å². The maximum absolute atomic E-state index is 4.05. The third-order valence-electron chi connectivity index (χ3n) is 1.37. The Hall–Kier alpha value is -1.23. The summed E-state index contributed by atoms with van der Waals surface area (Å²) >= 11 is 3.34. The van der Waals surface area contributed by atoms with E-state index < -0.39 is 0 Å². The van der Waals surface area contributed by atoms with Gasteiger partial charge in [0.25, 0.3) is 0 Å². The van der Waals surface area contributed by atoms with E-state index >= 15 is 0 Å². The molecule has 2 aromatic rings. The number of nitrogens with zero attached hydrogens (tertiary/aromatic N) is 4. The minimum atomic E-state index is 0.703. The summed E-state index contributed by atoms with van der Waals surface area (Å²) in [6.07, 6.45) is 3.32. The molecule has 2 aromatic heterocycles. The summed E-state index contributed by atoms with van der Waals surface area (Å²) in [4.78, 5) is 0. The average molecular weight is 225 g/mol. The average Bonchev–Trinajstić information content (AvgIpc) is 2.53. The standard InChI is InChI=1S/C7H5BrN4/c8-6-3-5-10-12(6)7-2-1-4-9-11-7/h1-5H. The second-order valence-corrected chi connectivity index (χ2v) is 2.96. The number of hydrogen-bond acceptors (Lipinski definition) is 3. The molecule has 0 amide bonds. The van der Waals surface area contributed by atoms with Crippen molar-refractivity contribution >= 4 is 15.9 Å². The van der Waals surface area contributed by atoms with E-state index in [1.165, 1.54) is 0 Å². The Morgan fingerprint density at radius 1 is 1.25 bits per heavy atom. The van der Waals surface area contributed by atoms with Gasteiger partial charge in [0.15, 0.2) is 5.82 Å². The molecule has 4 nitrogen and oxygen atoms in total. The lowest BCUT2D eigenvalue weighted by Gasteiger charge is -1.98. The summed E-state index contributed by atoms with van der Waals surface area (Å²) in [5.74, 6) is 0.703. The van der Waals surface area contributed by atoms with Crippen LogP contribution in [0.4, 0.5) is 0 Å². The van der Waals surface area contributed by atoms with E-state index in [1.807, 2.05) is 18.2 Å². The number of rotatable bonds is 1. The first-order chi connectivity index (χ1) is 5.88. The summed E-state index contributed by atoms with van der Waals surface area (Å²) in [5, 5.41) is 11.7. The van der Waals surface area contributed by atoms with E-state index in [9.17, 15) is 0 Å². The molecule has 0 saturated heterocycles. The minimum Gasteiger partial charge on any atom is -0.207 e. The molecule has 0 aromatic carbocycles. The fraction of sp³-hybridized carbons (Fsp3) is 0. The van der Waals surface area contributed by atoms with Gasteiger partial charge in [0.2, 0.25) is 0 Å². The van der Waals surface area contributed by atoms with Gasteiger partial charge in [-0.25, -0.2) is 4.68 Å². The first kappa shape index (κ1) is 7.42. The maximum atomic E-state index is 4.05. The summed E-state index contributed by atoms with van der Waals surface area (Å²) in [6.45, 7) is 0. The molecular weight excluding hydrogens is 220 g/mol. The number of aromatic nitrogens is 4. The molecule has 2 rings (SSSR count). The highest BCUT2D eigenvalue weighted by atomic mass is 79.9. The molecule has 0 atom stereocenters. The zero-order valence-electron chi connectivity index (χ0n) is 6.05. The molecule has 0 N–H and O–H groups in total. The van der Waals surface area contributed by atoms with Gasteiger partial charge in [0, 0.05) is 6.20 Å². The number of halogens is 1. The van der Waals surface area contributed by atoms with Crippen LogP contribution in [0.25, 0.3) is 5.82 Å². The molecule has 0 aliphatic heterocycles. The van der Waals surface area contributed by atoms with Crippen molar-refractivity contribution in [3.05, 3.63) is 35.2 Å². The fourth-order valence-corrected chi connectivity index (χ4v) is 1.25. The molecule has 60 valence electrons. The van der Waals surface area contributed by atoms with Crippen LogP contribution < -0.4 is 0 Å². The highest BCUT2D eigenvalue weighted by Crippen LogP contribution is 2.11. The van der Waals surface area contributed by atoms with E-state index in [0.29, 0.717) is 5.82 Å². The largest absolute Gasteiger partial charge is 0.207 e. The van der Waals surface area contributed by atoms with E-state index in [0.717, 1.165) is 4.60 Å². The van der Waals surface area contributed by atoms with Crippen LogP contribution in [0.2, 0.25) is 0 Å². The summed E-state index contributed by atoms with van der Waals surface area (Å²) < 4.78 is 2.52. The van der Waals surface area contributed by atoms with Crippen molar-refractivity contribution in [1.82, 2.24) is 20.0 Å². The van der Waals surface area contributed by atoms with E-state index in [4.69, 9.17) is 0 Å². The van der Waals surface area contributed by atoms with Crippen LogP contribution in [-0.4, -0.2) is 20.0 Å². The number of hydrogen-bond donors (Lipinski definition) is 0. The maximum Gasteiger partial charge on any atom is 0.176 e. The Bertz CT molecular complexity index is 370. The Morgan fingerprint density at radius 3 is 2.75 bits per heavy atom. The zero-order valence-corrected chi connectivity index (χ0v) is 7.64. The fourth-order valence-electron chi connectivity index (χ4n) is 0.862. The van der Waals surface area contributed by atoms with Crippen LogP contribution in [0.1, 0.15) is 0 Å². The third kappa shape index (κ3) is 1.23.